The van der Waals surface area contributed by atoms with E-state index in [0.29, 0.717) is 11.5 Å². The van der Waals surface area contributed by atoms with Gasteiger partial charge < -0.3 is 24.4 Å². The molecule has 1 N–H and O–H groups in total. The van der Waals surface area contributed by atoms with Gasteiger partial charge in [0.1, 0.15) is 0 Å². The molecular weight excluding hydrogens is 421 g/mol. The predicted octanol–water partition coefficient (Wildman–Crippen LogP) is 1.88. The second-order valence-corrected chi connectivity index (χ2v) is 7.01. The largest absolute Gasteiger partial charge is 0.381 e. The lowest BCUT2D eigenvalue weighted by Gasteiger charge is -2.25. The van der Waals surface area contributed by atoms with E-state index in [1.807, 2.05) is 7.05 Å². The molecular formula is C17H32IN3O3. The fourth-order valence-corrected chi connectivity index (χ4v) is 3.78. The van der Waals surface area contributed by atoms with Crippen LogP contribution in [0.4, 0.5) is 0 Å². The zero-order chi connectivity index (χ0) is 16.0. The fraction of sp³-hybridized carbons (Fsp3) is 0.941. The van der Waals surface area contributed by atoms with Crippen molar-refractivity contribution in [2.24, 2.45) is 10.4 Å². The number of ether oxygens (including phenoxy) is 3. The van der Waals surface area contributed by atoms with Crippen molar-refractivity contribution in [3.05, 3.63) is 0 Å². The van der Waals surface area contributed by atoms with Crippen molar-refractivity contribution in [3.8, 4) is 0 Å². The molecule has 6 nitrogen and oxygen atoms in total. The lowest BCUT2D eigenvalue weighted by molar-refractivity contribution is 0.0168. The van der Waals surface area contributed by atoms with Gasteiger partial charge in [0, 0.05) is 51.9 Å². The smallest absolute Gasteiger partial charge is 0.193 e. The maximum absolute atomic E-state index is 5.70. The molecule has 1 spiro atoms. The van der Waals surface area contributed by atoms with E-state index >= 15 is 0 Å². The molecule has 2 atom stereocenters. The van der Waals surface area contributed by atoms with Crippen molar-refractivity contribution >= 4 is 29.9 Å². The van der Waals surface area contributed by atoms with Crippen LogP contribution in [0.1, 0.15) is 32.1 Å². The molecule has 3 saturated heterocycles. The number of hydrogen-bond donors (Lipinski definition) is 1. The molecule has 140 valence electrons. The molecule has 0 aromatic carbocycles. The summed E-state index contributed by atoms with van der Waals surface area (Å²) >= 11 is 0. The molecule has 0 aromatic rings. The summed E-state index contributed by atoms with van der Waals surface area (Å²) in [4.78, 5) is 6.81. The first-order valence-corrected chi connectivity index (χ1v) is 9.04. The van der Waals surface area contributed by atoms with Crippen LogP contribution >= 0.6 is 24.0 Å². The molecule has 3 aliphatic heterocycles. The second kappa shape index (κ2) is 10.1. The van der Waals surface area contributed by atoms with Gasteiger partial charge in [0.25, 0.3) is 0 Å². The van der Waals surface area contributed by atoms with Crippen LogP contribution in [0.3, 0.4) is 0 Å². The van der Waals surface area contributed by atoms with E-state index in [2.05, 4.69) is 15.2 Å². The highest BCUT2D eigenvalue weighted by molar-refractivity contribution is 14.0. The Hall–Kier alpha value is -0.120. The summed E-state index contributed by atoms with van der Waals surface area (Å²) in [6.07, 6.45) is 6.05. The van der Waals surface area contributed by atoms with Crippen LogP contribution in [0, 0.1) is 5.41 Å². The van der Waals surface area contributed by atoms with Crippen LogP contribution in [-0.4, -0.2) is 76.7 Å². The minimum absolute atomic E-state index is 0. The van der Waals surface area contributed by atoms with Crippen molar-refractivity contribution in [3.63, 3.8) is 0 Å². The Labute approximate surface area is 162 Å². The van der Waals surface area contributed by atoms with Gasteiger partial charge in [0.2, 0.25) is 0 Å². The van der Waals surface area contributed by atoms with Gasteiger partial charge in [-0.1, -0.05) is 0 Å². The van der Waals surface area contributed by atoms with Gasteiger partial charge in [-0.2, -0.15) is 0 Å². The number of rotatable bonds is 6. The van der Waals surface area contributed by atoms with E-state index in [1.165, 1.54) is 19.3 Å². The van der Waals surface area contributed by atoms with Crippen molar-refractivity contribution in [1.82, 2.24) is 10.2 Å². The highest BCUT2D eigenvalue weighted by atomic mass is 127. The maximum atomic E-state index is 5.70. The Kier molecular flexibility index (Phi) is 8.53. The average Bonchev–Trinajstić information content (AvgIpc) is 3.31. The number of nitrogens with zero attached hydrogens (tertiary/aromatic N) is 2. The number of likely N-dealkylation sites (tertiary alicyclic amines) is 1. The molecule has 0 aliphatic carbocycles. The molecule has 0 aromatic heterocycles. The van der Waals surface area contributed by atoms with Crippen LogP contribution in [0.2, 0.25) is 0 Å². The molecule has 0 amide bonds. The van der Waals surface area contributed by atoms with E-state index in [0.717, 1.165) is 71.5 Å². The first-order chi connectivity index (χ1) is 11.3. The van der Waals surface area contributed by atoms with E-state index in [4.69, 9.17) is 14.2 Å². The standard InChI is InChI=1S/C17H31N3O3.HI/c1-18-16(20-8-5-17(13-20)6-11-22-14-17)19-7-3-9-21-12-15-4-2-10-23-15;/h15H,2-14H2,1H3,(H,18,19);1H. The van der Waals surface area contributed by atoms with Crippen LogP contribution < -0.4 is 5.32 Å². The van der Waals surface area contributed by atoms with Crippen LogP contribution in [0.15, 0.2) is 4.99 Å². The van der Waals surface area contributed by atoms with Gasteiger partial charge in [-0.05, 0) is 32.1 Å². The van der Waals surface area contributed by atoms with Gasteiger partial charge in [0.15, 0.2) is 5.96 Å². The Morgan fingerprint density at radius 3 is 3.00 bits per heavy atom. The molecule has 3 rings (SSSR count). The first-order valence-electron chi connectivity index (χ1n) is 9.04. The lowest BCUT2D eigenvalue weighted by atomic mass is 9.87. The molecule has 3 heterocycles. The third-order valence-electron chi connectivity index (χ3n) is 5.21. The molecule has 0 saturated carbocycles. The third kappa shape index (κ3) is 5.44. The van der Waals surface area contributed by atoms with Gasteiger partial charge >= 0.3 is 0 Å². The average molecular weight is 453 g/mol. The fourth-order valence-electron chi connectivity index (χ4n) is 3.78. The number of hydrogen-bond acceptors (Lipinski definition) is 4. The minimum atomic E-state index is 0. The highest BCUT2D eigenvalue weighted by Crippen LogP contribution is 2.38. The number of halogens is 1. The quantitative estimate of drug-likeness (QED) is 0.288. The maximum Gasteiger partial charge on any atom is 0.193 e. The topological polar surface area (TPSA) is 55.3 Å². The molecule has 24 heavy (non-hydrogen) atoms. The Morgan fingerprint density at radius 1 is 1.38 bits per heavy atom. The summed E-state index contributed by atoms with van der Waals surface area (Å²) in [6.45, 7) is 7.30. The summed E-state index contributed by atoms with van der Waals surface area (Å²) in [7, 11) is 1.87. The van der Waals surface area contributed by atoms with E-state index < -0.39 is 0 Å². The summed E-state index contributed by atoms with van der Waals surface area (Å²) in [5.41, 5.74) is 0.377. The predicted molar refractivity (Wildman–Crippen MR) is 105 cm³/mol. The normalized spacial score (nSPS) is 30.1. The third-order valence-corrected chi connectivity index (χ3v) is 5.21. The Morgan fingerprint density at radius 2 is 2.29 bits per heavy atom. The molecule has 3 aliphatic rings. The van der Waals surface area contributed by atoms with Crippen molar-refractivity contribution in [2.75, 3.05) is 59.7 Å². The van der Waals surface area contributed by atoms with Gasteiger partial charge in [-0.25, -0.2) is 0 Å². The highest BCUT2D eigenvalue weighted by Gasteiger charge is 2.42. The zero-order valence-electron chi connectivity index (χ0n) is 14.8. The summed E-state index contributed by atoms with van der Waals surface area (Å²) in [6, 6.07) is 0. The zero-order valence-corrected chi connectivity index (χ0v) is 17.1. The number of aliphatic imine (C=N–C) groups is 1. The summed E-state index contributed by atoms with van der Waals surface area (Å²) < 4.78 is 16.8. The Bertz CT molecular complexity index is 397. The molecule has 3 fully saturated rings. The number of nitrogens with one attached hydrogen (secondary N) is 1. The van der Waals surface area contributed by atoms with Gasteiger partial charge in [0.05, 0.1) is 19.3 Å². The second-order valence-electron chi connectivity index (χ2n) is 7.01. The van der Waals surface area contributed by atoms with E-state index in [9.17, 15) is 0 Å². The minimum Gasteiger partial charge on any atom is -0.381 e. The van der Waals surface area contributed by atoms with Crippen LogP contribution in [0.5, 0.6) is 0 Å². The molecule has 2 unspecified atom stereocenters. The number of guanidine groups is 1. The van der Waals surface area contributed by atoms with Crippen LogP contribution in [-0.2, 0) is 14.2 Å². The van der Waals surface area contributed by atoms with Crippen molar-refractivity contribution in [2.45, 2.75) is 38.2 Å². The molecule has 0 bridgehead atoms. The van der Waals surface area contributed by atoms with Crippen molar-refractivity contribution in [1.29, 1.82) is 0 Å². The summed E-state index contributed by atoms with van der Waals surface area (Å²) in [5.74, 6) is 1.02. The van der Waals surface area contributed by atoms with Gasteiger partial charge in [-0.15, -0.1) is 24.0 Å². The molecule has 0 radical (unpaired) electrons. The lowest BCUT2D eigenvalue weighted by Crippen LogP contribution is -2.42. The monoisotopic (exact) mass is 453 g/mol. The first kappa shape index (κ1) is 20.2. The van der Waals surface area contributed by atoms with Crippen LogP contribution in [0.25, 0.3) is 0 Å². The van der Waals surface area contributed by atoms with Crippen molar-refractivity contribution < 1.29 is 14.2 Å². The molecule has 7 heteroatoms. The van der Waals surface area contributed by atoms with Gasteiger partial charge in [-0.3, -0.25) is 4.99 Å². The Balaban J connectivity index is 0.00000208. The SMILES string of the molecule is CN=C(NCCCOCC1CCCO1)N1CCC2(CCOC2)C1.I. The van der Waals surface area contributed by atoms with E-state index in [-0.39, 0.29) is 24.0 Å². The summed E-state index contributed by atoms with van der Waals surface area (Å²) in [5, 5.41) is 3.47. The van der Waals surface area contributed by atoms with E-state index in [1.54, 1.807) is 0 Å².